The van der Waals surface area contributed by atoms with Crippen LogP contribution in [0.2, 0.25) is 10.2 Å². The third-order valence-electron chi connectivity index (χ3n) is 4.15. The number of hydrogen-bond acceptors (Lipinski definition) is 3. The van der Waals surface area contributed by atoms with E-state index in [2.05, 4.69) is 15.2 Å². The van der Waals surface area contributed by atoms with Crippen LogP contribution in [0.5, 0.6) is 5.75 Å². The summed E-state index contributed by atoms with van der Waals surface area (Å²) in [5.74, 6) is -0.666. The molecule has 0 fully saturated rings. The van der Waals surface area contributed by atoms with Crippen LogP contribution >= 0.6 is 23.2 Å². The van der Waals surface area contributed by atoms with E-state index in [-0.39, 0.29) is 21.5 Å². The second-order valence-corrected chi connectivity index (χ2v) is 7.14. The van der Waals surface area contributed by atoms with Gasteiger partial charge in [-0.1, -0.05) is 53.0 Å². The van der Waals surface area contributed by atoms with Gasteiger partial charge in [0, 0.05) is 5.69 Å². The number of anilines is 1. The van der Waals surface area contributed by atoms with E-state index in [4.69, 9.17) is 23.2 Å². The summed E-state index contributed by atoms with van der Waals surface area (Å²) in [5, 5.41) is 7.13. The average molecular weight is 440 g/mol. The lowest BCUT2D eigenvalue weighted by Gasteiger charge is -2.10. The number of hydrogen-bond donors (Lipinski definition) is 1. The molecule has 3 aromatic rings. The van der Waals surface area contributed by atoms with Crippen molar-refractivity contribution in [3.63, 3.8) is 0 Å². The minimum Gasteiger partial charge on any atom is -0.433 e. The van der Waals surface area contributed by atoms with Crippen molar-refractivity contribution in [3.8, 4) is 5.75 Å². The summed E-state index contributed by atoms with van der Waals surface area (Å²) in [4.78, 5) is 12.7. The molecule has 3 rings (SSSR count). The molecule has 2 aromatic carbocycles. The maximum absolute atomic E-state index is 12.7. The summed E-state index contributed by atoms with van der Waals surface area (Å²) in [5.41, 5.74) is 3.13. The maximum Gasteiger partial charge on any atom is 0.387 e. The Labute approximate surface area is 176 Å². The zero-order chi connectivity index (χ0) is 21.1. The molecule has 1 amide bonds. The predicted molar refractivity (Wildman–Crippen MR) is 108 cm³/mol. The molecule has 0 atom stereocenters. The molecule has 0 aliphatic heterocycles. The first kappa shape index (κ1) is 21.1. The number of aromatic nitrogens is 2. The zero-order valence-electron chi connectivity index (χ0n) is 15.5. The number of ether oxygens (including phenoxy) is 1. The van der Waals surface area contributed by atoms with E-state index in [1.807, 2.05) is 31.2 Å². The highest BCUT2D eigenvalue weighted by molar-refractivity contribution is 6.34. The Morgan fingerprint density at radius 2 is 1.86 bits per heavy atom. The summed E-state index contributed by atoms with van der Waals surface area (Å²) >= 11 is 12.3. The largest absolute Gasteiger partial charge is 0.433 e. The van der Waals surface area contributed by atoms with Gasteiger partial charge < -0.3 is 10.1 Å². The molecule has 0 spiro atoms. The first-order chi connectivity index (χ1) is 13.7. The predicted octanol–water partition coefficient (Wildman–Crippen LogP) is 5.71. The molecular formula is C20H17Cl2F2N3O2. The van der Waals surface area contributed by atoms with E-state index in [9.17, 15) is 13.6 Å². The zero-order valence-corrected chi connectivity index (χ0v) is 17.1. The first-order valence-electron chi connectivity index (χ1n) is 8.58. The molecule has 0 aliphatic rings. The molecule has 1 aromatic heterocycles. The number of carbonyl (C=O) groups excluding carboxylic acids is 1. The van der Waals surface area contributed by atoms with Gasteiger partial charge >= 0.3 is 6.61 Å². The minimum atomic E-state index is -2.99. The van der Waals surface area contributed by atoms with Gasteiger partial charge in [-0.05, 0) is 37.6 Å². The Morgan fingerprint density at radius 3 is 2.48 bits per heavy atom. The number of amides is 1. The Balaban J connectivity index is 1.78. The van der Waals surface area contributed by atoms with Crippen molar-refractivity contribution in [2.24, 2.45) is 0 Å². The van der Waals surface area contributed by atoms with Crippen molar-refractivity contribution < 1.29 is 18.3 Å². The van der Waals surface area contributed by atoms with Crippen LogP contribution in [0.3, 0.4) is 0 Å². The van der Waals surface area contributed by atoms with E-state index in [1.54, 1.807) is 11.6 Å². The fourth-order valence-corrected chi connectivity index (χ4v) is 3.29. The van der Waals surface area contributed by atoms with Crippen molar-refractivity contribution in [1.29, 1.82) is 0 Å². The Kier molecular flexibility index (Phi) is 6.39. The molecule has 5 nitrogen and oxygen atoms in total. The maximum atomic E-state index is 12.7. The van der Waals surface area contributed by atoms with Gasteiger partial charge in [0.15, 0.2) is 0 Å². The van der Waals surface area contributed by atoms with E-state index in [1.165, 1.54) is 18.2 Å². The molecule has 0 aliphatic carbocycles. The third-order valence-corrected chi connectivity index (χ3v) is 4.83. The molecule has 0 bridgehead atoms. The van der Waals surface area contributed by atoms with Crippen molar-refractivity contribution in [2.75, 3.05) is 5.32 Å². The molecule has 0 saturated carbocycles. The van der Waals surface area contributed by atoms with Gasteiger partial charge in [0.1, 0.15) is 10.9 Å². The number of alkyl halides is 2. The van der Waals surface area contributed by atoms with Crippen molar-refractivity contribution in [1.82, 2.24) is 9.78 Å². The second-order valence-electron chi connectivity index (χ2n) is 6.37. The summed E-state index contributed by atoms with van der Waals surface area (Å²) in [7, 11) is 0. The molecule has 1 N–H and O–H groups in total. The van der Waals surface area contributed by atoms with Gasteiger partial charge in [0.2, 0.25) is 0 Å². The second kappa shape index (κ2) is 8.80. The molecule has 152 valence electrons. The van der Waals surface area contributed by atoms with Crippen LogP contribution < -0.4 is 10.1 Å². The Morgan fingerprint density at radius 1 is 1.17 bits per heavy atom. The van der Waals surface area contributed by atoms with Crippen LogP contribution in [0.4, 0.5) is 14.5 Å². The molecule has 29 heavy (non-hydrogen) atoms. The highest BCUT2D eigenvalue weighted by atomic mass is 35.5. The van der Waals surface area contributed by atoms with Gasteiger partial charge in [0.25, 0.3) is 5.91 Å². The normalized spacial score (nSPS) is 11.0. The minimum absolute atomic E-state index is 0.0546. The van der Waals surface area contributed by atoms with E-state index < -0.39 is 12.5 Å². The lowest BCUT2D eigenvalue weighted by atomic mass is 10.1. The number of nitrogens with zero attached hydrogens (tertiary/aromatic N) is 2. The van der Waals surface area contributed by atoms with E-state index in [0.29, 0.717) is 17.9 Å². The highest BCUT2D eigenvalue weighted by Crippen LogP contribution is 2.30. The summed E-state index contributed by atoms with van der Waals surface area (Å²) < 4.78 is 30.5. The monoisotopic (exact) mass is 439 g/mol. The molecule has 9 heteroatoms. The lowest BCUT2D eigenvalue weighted by Crippen LogP contribution is -2.13. The van der Waals surface area contributed by atoms with Crippen molar-refractivity contribution in [3.05, 3.63) is 75.0 Å². The summed E-state index contributed by atoms with van der Waals surface area (Å²) in [6.45, 7) is 1.10. The number of benzene rings is 2. The van der Waals surface area contributed by atoms with Gasteiger partial charge in [-0.3, -0.25) is 4.79 Å². The number of rotatable bonds is 6. The summed E-state index contributed by atoms with van der Waals surface area (Å²) in [6.07, 6.45) is 0. The van der Waals surface area contributed by atoms with E-state index in [0.717, 1.165) is 11.1 Å². The van der Waals surface area contributed by atoms with Gasteiger partial charge in [0.05, 0.1) is 22.8 Å². The molecular weight excluding hydrogens is 423 g/mol. The van der Waals surface area contributed by atoms with Crippen LogP contribution in [-0.4, -0.2) is 22.3 Å². The number of carbonyl (C=O) groups is 1. The highest BCUT2D eigenvalue weighted by Gasteiger charge is 2.21. The topological polar surface area (TPSA) is 56.2 Å². The standard InChI is InChI=1S/C20H17Cl2F2N3O2/c1-11-3-5-13(6-4-11)10-27-18(22)17(12(2)26-27)19(28)25-14-7-8-16(15(21)9-14)29-20(23)24/h3-9,20H,10H2,1-2H3,(H,25,28). The molecule has 1 heterocycles. The lowest BCUT2D eigenvalue weighted by molar-refractivity contribution is -0.0497. The number of halogens is 4. The van der Waals surface area contributed by atoms with Crippen molar-refractivity contribution in [2.45, 2.75) is 27.0 Å². The first-order valence-corrected chi connectivity index (χ1v) is 9.34. The van der Waals surface area contributed by atoms with E-state index >= 15 is 0 Å². The number of aryl methyl sites for hydroxylation is 2. The van der Waals surface area contributed by atoms with Crippen LogP contribution in [0.25, 0.3) is 0 Å². The third kappa shape index (κ3) is 5.05. The van der Waals surface area contributed by atoms with Crippen LogP contribution in [-0.2, 0) is 6.54 Å². The van der Waals surface area contributed by atoms with Crippen LogP contribution in [0.15, 0.2) is 42.5 Å². The van der Waals surface area contributed by atoms with Gasteiger partial charge in [-0.15, -0.1) is 0 Å². The smallest absolute Gasteiger partial charge is 0.387 e. The van der Waals surface area contributed by atoms with Crippen LogP contribution in [0, 0.1) is 13.8 Å². The van der Waals surface area contributed by atoms with Gasteiger partial charge in [-0.25, -0.2) is 4.68 Å². The fraction of sp³-hybridized carbons (Fsp3) is 0.200. The summed E-state index contributed by atoms with van der Waals surface area (Å²) in [6, 6.07) is 11.9. The number of nitrogens with one attached hydrogen (secondary N) is 1. The molecule has 0 radical (unpaired) electrons. The van der Waals surface area contributed by atoms with Crippen molar-refractivity contribution >= 4 is 34.8 Å². The SMILES string of the molecule is Cc1ccc(Cn2nc(C)c(C(=O)Nc3ccc(OC(F)F)c(Cl)c3)c2Cl)cc1. The molecule has 0 unspecified atom stereocenters. The average Bonchev–Trinajstić information content (AvgIpc) is 2.92. The Hall–Kier alpha value is -2.64. The molecule has 0 saturated heterocycles. The van der Waals surface area contributed by atoms with Crippen LogP contribution in [0.1, 0.15) is 27.2 Å². The fourth-order valence-electron chi connectivity index (χ4n) is 2.75. The quantitative estimate of drug-likeness (QED) is 0.535. The Bertz CT molecular complexity index is 1040. The van der Waals surface area contributed by atoms with Gasteiger partial charge in [-0.2, -0.15) is 13.9 Å².